The van der Waals surface area contributed by atoms with Gasteiger partial charge in [0.05, 0.1) is 0 Å². The molecule has 0 saturated carbocycles. The molecule has 0 aliphatic heterocycles. The predicted octanol–water partition coefficient (Wildman–Crippen LogP) is 3.19. The van der Waals surface area contributed by atoms with Gasteiger partial charge in [-0.2, -0.15) is 0 Å². The molecule has 2 rings (SSSR count). The normalized spacial score (nSPS) is 10.2. The zero-order valence-electron chi connectivity index (χ0n) is 7.20. The average Bonchev–Trinajstić information content (AvgIpc) is 2.18. The maximum absolute atomic E-state index is 9.54. The number of phenolic OH excluding ortho intramolecular Hbond substituents is 1. The molecule has 0 spiro atoms. The fraction of sp³-hybridized carbons (Fsp3) is 0. The van der Waals surface area contributed by atoms with E-state index in [-0.39, 0.29) is 5.75 Å². The van der Waals surface area contributed by atoms with E-state index in [1.54, 1.807) is 12.1 Å². The smallest absolute Gasteiger partial charge is 0.123 e. The quantitative estimate of drug-likeness (QED) is 0.696. The summed E-state index contributed by atoms with van der Waals surface area (Å²) in [6, 6.07) is 11.5. The van der Waals surface area contributed by atoms with Crippen molar-refractivity contribution in [2.75, 3.05) is 0 Å². The van der Waals surface area contributed by atoms with E-state index in [0.29, 0.717) is 0 Å². The summed E-state index contributed by atoms with van der Waals surface area (Å²) in [5, 5.41) is 11.7. The Hall–Kier alpha value is -1.76. The van der Waals surface area contributed by atoms with E-state index in [2.05, 4.69) is 6.58 Å². The number of hydrogen-bond donors (Lipinski definition) is 1. The van der Waals surface area contributed by atoms with Gasteiger partial charge < -0.3 is 5.11 Å². The van der Waals surface area contributed by atoms with Gasteiger partial charge in [-0.25, -0.2) is 0 Å². The highest BCUT2D eigenvalue weighted by Crippen LogP contribution is 2.27. The van der Waals surface area contributed by atoms with Crippen LogP contribution < -0.4 is 0 Å². The van der Waals surface area contributed by atoms with Crippen molar-refractivity contribution in [2.45, 2.75) is 0 Å². The van der Waals surface area contributed by atoms with Gasteiger partial charge in [0, 0.05) is 5.56 Å². The molecule has 0 aromatic heterocycles. The highest BCUT2D eigenvalue weighted by molar-refractivity contribution is 5.92. The first-order valence-corrected chi connectivity index (χ1v) is 4.16. The van der Waals surface area contributed by atoms with Crippen LogP contribution >= 0.6 is 0 Å². The van der Waals surface area contributed by atoms with Crippen LogP contribution in [0, 0.1) is 0 Å². The summed E-state index contributed by atoms with van der Waals surface area (Å²) in [4.78, 5) is 0. The van der Waals surface area contributed by atoms with Crippen LogP contribution in [0.5, 0.6) is 5.75 Å². The SMILES string of the molecule is C=Cc1c(O)ccc2ccccc12. The van der Waals surface area contributed by atoms with Crippen LogP contribution in [0.4, 0.5) is 0 Å². The zero-order chi connectivity index (χ0) is 9.26. The maximum Gasteiger partial charge on any atom is 0.123 e. The van der Waals surface area contributed by atoms with Crippen molar-refractivity contribution >= 4 is 16.8 Å². The summed E-state index contributed by atoms with van der Waals surface area (Å²) in [6.07, 6.45) is 1.68. The number of benzene rings is 2. The Bertz CT molecular complexity index is 458. The highest BCUT2D eigenvalue weighted by atomic mass is 16.3. The first kappa shape index (κ1) is 7.87. The molecule has 64 valence electrons. The Balaban J connectivity index is 2.91. The second-order valence-corrected chi connectivity index (χ2v) is 2.92. The highest BCUT2D eigenvalue weighted by Gasteiger charge is 2.01. The van der Waals surface area contributed by atoms with E-state index in [1.165, 1.54) is 0 Å². The van der Waals surface area contributed by atoms with E-state index in [9.17, 15) is 5.11 Å². The molecule has 0 radical (unpaired) electrons. The molecular formula is C12H10O. The third-order valence-corrected chi connectivity index (χ3v) is 2.15. The first-order valence-electron chi connectivity index (χ1n) is 4.16. The van der Waals surface area contributed by atoms with Gasteiger partial charge in [-0.3, -0.25) is 0 Å². The van der Waals surface area contributed by atoms with Gasteiger partial charge in [-0.1, -0.05) is 43.0 Å². The fourth-order valence-corrected chi connectivity index (χ4v) is 1.50. The third kappa shape index (κ3) is 1.18. The van der Waals surface area contributed by atoms with Crippen molar-refractivity contribution in [1.29, 1.82) is 0 Å². The van der Waals surface area contributed by atoms with Crippen molar-refractivity contribution in [2.24, 2.45) is 0 Å². The molecule has 1 heteroatoms. The van der Waals surface area contributed by atoms with Crippen LogP contribution in [0.3, 0.4) is 0 Å². The van der Waals surface area contributed by atoms with Crippen molar-refractivity contribution in [3.8, 4) is 5.75 Å². The maximum atomic E-state index is 9.54. The lowest BCUT2D eigenvalue weighted by Crippen LogP contribution is -1.78. The molecule has 0 saturated heterocycles. The minimum absolute atomic E-state index is 0.286. The van der Waals surface area contributed by atoms with Gasteiger partial charge >= 0.3 is 0 Å². The standard InChI is InChI=1S/C12H10O/c1-2-10-11-6-4-3-5-9(11)7-8-12(10)13/h2-8,13H,1H2. The van der Waals surface area contributed by atoms with E-state index in [0.717, 1.165) is 16.3 Å². The summed E-state index contributed by atoms with van der Waals surface area (Å²) in [5.74, 6) is 0.286. The van der Waals surface area contributed by atoms with Crippen molar-refractivity contribution in [3.63, 3.8) is 0 Å². The molecule has 0 bridgehead atoms. The van der Waals surface area contributed by atoms with Crippen LogP contribution in [-0.2, 0) is 0 Å². The number of hydrogen-bond acceptors (Lipinski definition) is 1. The molecule has 0 aliphatic rings. The Morgan fingerprint density at radius 3 is 2.62 bits per heavy atom. The van der Waals surface area contributed by atoms with E-state index >= 15 is 0 Å². The lowest BCUT2D eigenvalue weighted by molar-refractivity contribution is 0.475. The molecule has 13 heavy (non-hydrogen) atoms. The molecule has 1 N–H and O–H groups in total. The summed E-state index contributed by atoms with van der Waals surface area (Å²) < 4.78 is 0. The zero-order valence-corrected chi connectivity index (χ0v) is 7.20. The van der Waals surface area contributed by atoms with Crippen molar-refractivity contribution in [3.05, 3.63) is 48.5 Å². The minimum atomic E-state index is 0.286. The van der Waals surface area contributed by atoms with Gasteiger partial charge in [0.2, 0.25) is 0 Å². The third-order valence-electron chi connectivity index (χ3n) is 2.15. The molecule has 0 aliphatic carbocycles. The lowest BCUT2D eigenvalue weighted by Gasteiger charge is -2.03. The lowest BCUT2D eigenvalue weighted by atomic mass is 10.0. The Morgan fingerprint density at radius 1 is 1.08 bits per heavy atom. The number of fused-ring (bicyclic) bond motifs is 1. The van der Waals surface area contributed by atoms with Crippen LogP contribution in [0.2, 0.25) is 0 Å². The molecule has 2 aromatic rings. The van der Waals surface area contributed by atoms with Crippen LogP contribution in [0.15, 0.2) is 43.0 Å². The van der Waals surface area contributed by atoms with E-state index < -0.39 is 0 Å². The monoisotopic (exact) mass is 170 g/mol. The van der Waals surface area contributed by atoms with E-state index in [4.69, 9.17) is 0 Å². The van der Waals surface area contributed by atoms with Crippen molar-refractivity contribution in [1.82, 2.24) is 0 Å². The fourth-order valence-electron chi connectivity index (χ4n) is 1.50. The second kappa shape index (κ2) is 2.94. The molecular weight excluding hydrogens is 160 g/mol. The van der Waals surface area contributed by atoms with Crippen LogP contribution in [0.1, 0.15) is 5.56 Å². The molecule has 1 nitrogen and oxygen atoms in total. The number of rotatable bonds is 1. The molecule has 0 fully saturated rings. The van der Waals surface area contributed by atoms with Crippen LogP contribution in [0.25, 0.3) is 16.8 Å². The first-order chi connectivity index (χ1) is 6.33. The Kier molecular flexibility index (Phi) is 1.78. The average molecular weight is 170 g/mol. The van der Waals surface area contributed by atoms with Gasteiger partial charge in [-0.05, 0) is 16.8 Å². The molecule has 2 aromatic carbocycles. The minimum Gasteiger partial charge on any atom is -0.507 e. The predicted molar refractivity (Wildman–Crippen MR) is 55.7 cm³/mol. The van der Waals surface area contributed by atoms with Crippen molar-refractivity contribution < 1.29 is 5.11 Å². The number of phenols is 1. The molecule has 0 amide bonds. The topological polar surface area (TPSA) is 20.2 Å². The van der Waals surface area contributed by atoms with Gasteiger partial charge in [0.1, 0.15) is 5.75 Å². The summed E-state index contributed by atoms with van der Waals surface area (Å²) in [7, 11) is 0. The Labute approximate surface area is 76.9 Å². The summed E-state index contributed by atoms with van der Waals surface area (Å²) in [6.45, 7) is 3.68. The van der Waals surface area contributed by atoms with E-state index in [1.807, 2.05) is 30.3 Å². The largest absolute Gasteiger partial charge is 0.507 e. The number of aromatic hydroxyl groups is 1. The summed E-state index contributed by atoms with van der Waals surface area (Å²) >= 11 is 0. The van der Waals surface area contributed by atoms with Gasteiger partial charge in [0.15, 0.2) is 0 Å². The second-order valence-electron chi connectivity index (χ2n) is 2.92. The van der Waals surface area contributed by atoms with Crippen LogP contribution in [-0.4, -0.2) is 5.11 Å². The molecule has 0 atom stereocenters. The molecule has 0 unspecified atom stereocenters. The summed E-state index contributed by atoms with van der Waals surface area (Å²) in [5.41, 5.74) is 0.804. The molecule has 0 heterocycles. The van der Waals surface area contributed by atoms with Gasteiger partial charge in [0.25, 0.3) is 0 Å². The van der Waals surface area contributed by atoms with Gasteiger partial charge in [-0.15, -0.1) is 0 Å². The Morgan fingerprint density at radius 2 is 1.85 bits per heavy atom.